The standard InChI is InChI=1S/C17H27N3O.ClH/c1-2-15-3-5-16(6-4-15)7-8-17(21)19-11-14-20-12-9-18-10-13-20;/h3-6,18H,2,7-14H2,1H3,(H,19,21);1H. The van der Waals surface area contributed by atoms with Crippen molar-refractivity contribution >= 4 is 18.3 Å². The molecular weight excluding hydrogens is 298 g/mol. The molecule has 1 heterocycles. The van der Waals surface area contributed by atoms with E-state index >= 15 is 0 Å². The highest BCUT2D eigenvalue weighted by molar-refractivity contribution is 5.85. The van der Waals surface area contributed by atoms with Gasteiger partial charge in [0.2, 0.25) is 5.91 Å². The highest BCUT2D eigenvalue weighted by Gasteiger charge is 2.09. The summed E-state index contributed by atoms with van der Waals surface area (Å²) in [6.07, 6.45) is 2.46. The Morgan fingerprint density at radius 1 is 1.18 bits per heavy atom. The van der Waals surface area contributed by atoms with Crippen molar-refractivity contribution in [2.24, 2.45) is 0 Å². The van der Waals surface area contributed by atoms with E-state index in [-0.39, 0.29) is 18.3 Å². The van der Waals surface area contributed by atoms with E-state index in [1.165, 1.54) is 11.1 Å². The van der Waals surface area contributed by atoms with Gasteiger partial charge in [-0.3, -0.25) is 9.69 Å². The zero-order valence-corrected chi connectivity index (χ0v) is 14.3. The lowest BCUT2D eigenvalue weighted by Gasteiger charge is -2.27. The predicted octanol–water partition coefficient (Wildman–Crippen LogP) is 1.62. The average Bonchev–Trinajstić information content (AvgIpc) is 2.54. The number of hydrogen-bond acceptors (Lipinski definition) is 3. The molecule has 1 saturated heterocycles. The van der Waals surface area contributed by atoms with Crippen molar-refractivity contribution in [3.63, 3.8) is 0 Å². The Balaban J connectivity index is 0.00000242. The van der Waals surface area contributed by atoms with Gasteiger partial charge in [0.25, 0.3) is 0 Å². The van der Waals surface area contributed by atoms with Crippen LogP contribution in [0, 0.1) is 0 Å². The molecule has 0 atom stereocenters. The van der Waals surface area contributed by atoms with Crippen molar-refractivity contribution in [2.45, 2.75) is 26.2 Å². The fourth-order valence-electron chi connectivity index (χ4n) is 2.58. The van der Waals surface area contributed by atoms with Crippen molar-refractivity contribution in [2.75, 3.05) is 39.3 Å². The van der Waals surface area contributed by atoms with Crippen molar-refractivity contribution in [3.05, 3.63) is 35.4 Å². The number of aryl methyl sites for hydroxylation is 2. The first kappa shape index (κ1) is 18.9. The minimum atomic E-state index is 0. The molecule has 0 aliphatic carbocycles. The van der Waals surface area contributed by atoms with Gasteiger partial charge in [0.1, 0.15) is 0 Å². The summed E-state index contributed by atoms with van der Waals surface area (Å²) in [5.74, 6) is 0.157. The molecule has 0 radical (unpaired) electrons. The third-order valence-electron chi connectivity index (χ3n) is 4.03. The molecule has 22 heavy (non-hydrogen) atoms. The molecule has 5 heteroatoms. The molecule has 1 amide bonds. The zero-order chi connectivity index (χ0) is 14.9. The maximum absolute atomic E-state index is 11.8. The van der Waals surface area contributed by atoms with Crippen molar-refractivity contribution in [3.8, 4) is 0 Å². The molecule has 1 aliphatic rings. The van der Waals surface area contributed by atoms with Crippen LogP contribution in [0.25, 0.3) is 0 Å². The van der Waals surface area contributed by atoms with Crippen LogP contribution in [0.15, 0.2) is 24.3 Å². The van der Waals surface area contributed by atoms with E-state index in [9.17, 15) is 4.79 Å². The molecule has 1 aliphatic heterocycles. The van der Waals surface area contributed by atoms with Crippen LogP contribution in [0.1, 0.15) is 24.5 Å². The summed E-state index contributed by atoms with van der Waals surface area (Å²) < 4.78 is 0. The Morgan fingerprint density at radius 2 is 1.82 bits per heavy atom. The van der Waals surface area contributed by atoms with Crippen LogP contribution >= 0.6 is 12.4 Å². The Labute approximate surface area is 140 Å². The van der Waals surface area contributed by atoms with Gasteiger partial charge in [-0.1, -0.05) is 31.2 Å². The largest absolute Gasteiger partial charge is 0.355 e. The van der Waals surface area contributed by atoms with Crippen LogP contribution in [0.5, 0.6) is 0 Å². The van der Waals surface area contributed by atoms with E-state index in [2.05, 4.69) is 46.7 Å². The average molecular weight is 326 g/mol. The van der Waals surface area contributed by atoms with Gasteiger partial charge in [0.05, 0.1) is 0 Å². The molecule has 0 aromatic heterocycles. The van der Waals surface area contributed by atoms with Crippen LogP contribution in [-0.2, 0) is 17.6 Å². The minimum Gasteiger partial charge on any atom is -0.355 e. The predicted molar refractivity (Wildman–Crippen MR) is 93.7 cm³/mol. The minimum absolute atomic E-state index is 0. The molecule has 1 aromatic rings. The summed E-state index contributed by atoms with van der Waals surface area (Å²) in [6.45, 7) is 8.15. The van der Waals surface area contributed by atoms with Crippen LogP contribution in [0.3, 0.4) is 0 Å². The number of amides is 1. The fourth-order valence-corrected chi connectivity index (χ4v) is 2.58. The zero-order valence-electron chi connectivity index (χ0n) is 13.4. The molecule has 0 unspecified atom stereocenters. The molecule has 1 fully saturated rings. The number of halogens is 1. The fraction of sp³-hybridized carbons (Fsp3) is 0.588. The van der Waals surface area contributed by atoms with Crippen LogP contribution in [0.2, 0.25) is 0 Å². The van der Waals surface area contributed by atoms with Crippen LogP contribution in [0.4, 0.5) is 0 Å². The Morgan fingerprint density at radius 3 is 2.45 bits per heavy atom. The van der Waals surface area contributed by atoms with E-state index in [1.54, 1.807) is 0 Å². The summed E-state index contributed by atoms with van der Waals surface area (Å²) in [4.78, 5) is 14.2. The lowest BCUT2D eigenvalue weighted by molar-refractivity contribution is -0.121. The molecule has 0 spiro atoms. The molecule has 2 N–H and O–H groups in total. The quantitative estimate of drug-likeness (QED) is 0.801. The molecule has 4 nitrogen and oxygen atoms in total. The van der Waals surface area contributed by atoms with E-state index in [1.807, 2.05) is 0 Å². The summed E-state index contributed by atoms with van der Waals surface area (Å²) in [6, 6.07) is 8.56. The third-order valence-corrected chi connectivity index (χ3v) is 4.03. The smallest absolute Gasteiger partial charge is 0.220 e. The monoisotopic (exact) mass is 325 g/mol. The highest BCUT2D eigenvalue weighted by Crippen LogP contribution is 2.07. The lowest BCUT2D eigenvalue weighted by atomic mass is 10.1. The number of piperazine rings is 1. The second-order valence-electron chi connectivity index (χ2n) is 5.61. The summed E-state index contributed by atoms with van der Waals surface area (Å²) in [5.41, 5.74) is 2.59. The number of carbonyl (C=O) groups excluding carboxylic acids is 1. The number of nitrogens with one attached hydrogen (secondary N) is 2. The van der Waals surface area contributed by atoms with Crippen molar-refractivity contribution < 1.29 is 4.79 Å². The van der Waals surface area contributed by atoms with Crippen molar-refractivity contribution in [1.29, 1.82) is 0 Å². The summed E-state index contributed by atoms with van der Waals surface area (Å²) in [7, 11) is 0. The van der Waals surface area contributed by atoms with Crippen molar-refractivity contribution in [1.82, 2.24) is 15.5 Å². The Bertz CT molecular complexity index is 430. The normalized spacial score (nSPS) is 15.1. The maximum atomic E-state index is 11.8. The molecule has 1 aromatic carbocycles. The molecular formula is C17H28ClN3O. The van der Waals surface area contributed by atoms with Gasteiger partial charge in [-0.15, -0.1) is 12.4 Å². The van der Waals surface area contributed by atoms with Gasteiger partial charge in [-0.05, 0) is 24.0 Å². The van der Waals surface area contributed by atoms with E-state index < -0.39 is 0 Å². The van der Waals surface area contributed by atoms with Gasteiger partial charge in [0.15, 0.2) is 0 Å². The van der Waals surface area contributed by atoms with E-state index in [4.69, 9.17) is 0 Å². The van der Waals surface area contributed by atoms with Gasteiger partial charge >= 0.3 is 0 Å². The Kier molecular flexibility index (Phi) is 9.13. The number of carbonyl (C=O) groups is 1. The van der Waals surface area contributed by atoms with Gasteiger partial charge in [0, 0.05) is 45.7 Å². The first-order chi connectivity index (χ1) is 10.3. The van der Waals surface area contributed by atoms with Gasteiger partial charge in [-0.25, -0.2) is 0 Å². The summed E-state index contributed by atoms with van der Waals surface area (Å²) in [5, 5.41) is 6.35. The second-order valence-corrected chi connectivity index (χ2v) is 5.61. The van der Waals surface area contributed by atoms with Gasteiger partial charge < -0.3 is 10.6 Å². The number of rotatable bonds is 7. The summed E-state index contributed by atoms with van der Waals surface area (Å²) >= 11 is 0. The van der Waals surface area contributed by atoms with Crippen LogP contribution in [-0.4, -0.2) is 50.1 Å². The second kappa shape index (κ2) is 10.6. The number of nitrogens with zero attached hydrogens (tertiary/aromatic N) is 1. The highest BCUT2D eigenvalue weighted by atomic mass is 35.5. The van der Waals surface area contributed by atoms with Crippen LogP contribution < -0.4 is 10.6 Å². The number of benzene rings is 1. The lowest BCUT2D eigenvalue weighted by Crippen LogP contribution is -2.46. The van der Waals surface area contributed by atoms with E-state index in [0.29, 0.717) is 6.42 Å². The first-order valence-corrected chi connectivity index (χ1v) is 8.05. The topological polar surface area (TPSA) is 44.4 Å². The first-order valence-electron chi connectivity index (χ1n) is 8.05. The SMILES string of the molecule is CCc1ccc(CCC(=O)NCCN2CCNCC2)cc1.Cl. The Hall–Kier alpha value is -1.10. The number of hydrogen-bond donors (Lipinski definition) is 2. The molecule has 2 rings (SSSR count). The maximum Gasteiger partial charge on any atom is 0.220 e. The van der Waals surface area contributed by atoms with E-state index in [0.717, 1.165) is 52.1 Å². The molecule has 0 bridgehead atoms. The van der Waals surface area contributed by atoms with Gasteiger partial charge in [-0.2, -0.15) is 0 Å². The molecule has 0 saturated carbocycles. The third kappa shape index (κ3) is 6.77. The molecule has 124 valence electrons.